The molecule has 5 heteroatoms. The Kier molecular flexibility index (Phi) is 5.59. The quantitative estimate of drug-likeness (QED) is 0.676. The highest BCUT2D eigenvalue weighted by molar-refractivity contribution is 5.82. The van der Waals surface area contributed by atoms with Crippen LogP contribution in [-0.4, -0.2) is 36.7 Å². The first-order valence-corrected chi connectivity index (χ1v) is 6.52. The molecule has 0 saturated heterocycles. The molecule has 18 heavy (non-hydrogen) atoms. The van der Waals surface area contributed by atoms with Crippen LogP contribution < -0.4 is 5.32 Å². The van der Waals surface area contributed by atoms with E-state index in [9.17, 15) is 9.59 Å². The molecular formula is C13H23NO4. The van der Waals surface area contributed by atoms with Crippen LogP contribution in [0.1, 0.15) is 39.5 Å². The van der Waals surface area contributed by atoms with Crippen molar-refractivity contribution in [2.45, 2.75) is 39.5 Å². The van der Waals surface area contributed by atoms with Gasteiger partial charge in [0.25, 0.3) is 0 Å². The van der Waals surface area contributed by atoms with E-state index in [4.69, 9.17) is 9.84 Å². The molecule has 1 aliphatic carbocycles. The fourth-order valence-corrected chi connectivity index (χ4v) is 2.46. The molecule has 0 bridgehead atoms. The number of hydrogen-bond acceptors (Lipinski definition) is 3. The molecule has 1 rings (SSSR count). The standard InChI is InChI=1S/C13H23NO4/c1-13(2,10-5-3-4-6-10)12(17)14-7-8-18-9-11(15)16/h10H,3-9H2,1-2H3,(H,14,17)(H,15,16). The van der Waals surface area contributed by atoms with Crippen LogP contribution in [0.5, 0.6) is 0 Å². The summed E-state index contributed by atoms with van der Waals surface area (Å²) in [7, 11) is 0. The highest BCUT2D eigenvalue weighted by Gasteiger charge is 2.37. The van der Waals surface area contributed by atoms with Gasteiger partial charge in [0, 0.05) is 12.0 Å². The Morgan fingerprint density at radius 2 is 1.94 bits per heavy atom. The molecule has 0 radical (unpaired) electrons. The van der Waals surface area contributed by atoms with Gasteiger partial charge >= 0.3 is 5.97 Å². The Bertz CT molecular complexity index is 295. The van der Waals surface area contributed by atoms with Gasteiger partial charge in [-0.3, -0.25) is 4.79 Å². The molecule has 1 saturated carbocycles. The molecule has 1 aliphatic rings. The summed E-state index contributed by atoms with van der Waals surface area (Å²) in [5.74, 6) is -0.502. The van der Waals surface area contributed by atoms with Crippen LogP contribution in [0.25, 0.3) is 0 Å². The van der Waals surface area contributed by atoms with Crippen molar-refractivity contribution in [3.8, 4) is 0 Å². The van der Waals surface area contributed by atoms with Crippen molar-refractivity contribution >= 4 is 11.9 Å². The van der Waals surface area contributed by atoms with Crippen LogP contribution in [0.2, 0.25) is 0 Å². The Hall–Kier alpha value is -1.10. The van der Waals surface area contributed by atoms with E-state index >= 15 is 0 Å². The van der Waals surface area contributed by atoms with Gasteiger partial charge in [0.2, 0.25) is 5.91 Å². The van der Waals surface area contributed by atoms with Gasteiger partial charge in [-0.2, -0.15) is 0 Å². The summed E-state index contributed by atoms with van der Waals surface area (Å²) in [6.07, 6.45) is 4.66. The Balaban J connectivity index is 2.24. The number of amides is 1. The van der Waals surface area contributed by atoms with Gasteiger partial charge in [-0.25, -0.2) is 4.79 Å². The Morgan fingerprint density at radius 3 is 2.50 bits per heavy atom. The number of carbonyl (C=O) groups is 2. The summed E-state index contributed by atoms with van der Waals surface area (Å²) in [6, 6.07) is 0. The number of carbonyl (C=O) groups excluding carboxylic acids is 1. The molecule has 0 aromatic carbocycles. The van der Waals surface area contributed by atoms with E-state index < -0.39 is 5.97 Å². The maximum Gasteiger partial charge on any atom is 0.329 e. The van der Waals surface area contributed by atoms with Crippen LogP contribution in [0.3, 0.4) is 0 Å². The van der Waals surface area contributed by atoms with E-state index in [0.29, 0.717) is 12.5 Å². The van der Waals surface area contributed by atoms with Gasteiger partial charge in [0.15, 0.2) is 0 Å². The third-order valence-electron chi connectivity index (χ3n) is 3.72. The second-order valence-electron chi connectivity index (χ2n) is 5.41. The van der Waals surface area contributed by atoms with Gasteiger partial charge in [-0.05, 0) is 18.8 Å². The molecule has 1 fully saturated rings. The smallest absolute Gasteiger partial charge is 0.329 e. The number of hydrogen-bond donors (Lipinski definition) is 2. The van der Waals surface area contributed by atoms with Gasteiger partial charge in [-0.15, -0.1) is 0 Å². The van der Waals surface area contributed by atoms with Crippen molar-refractivity contribution in [1.82, 2.24) is 5.32 Å². The molecule has 1 amide bonds. The van der Waals surface area contributed by atoms with Gasteiger partial charge < -0.3 is 15.2 Å². The molecule has 2 N–H and O–H groups in total. The second-order valence-corrected chi connectivity index (χ2v) is 5.41. The minimum Gasteiger partial charge on any atom is -0.480 e. The number of ether oxygens (including phenoxy) is 1. The van der Waals surface area contributed by atoms with Gasteiger partial charge in [0.1, 0.15) is 6.61 Å². The van der Waals surface area contributed by atoms with Crippen LogP contribution in [0.15, 0.2) is 0 Å². The van der Waals surface area contributed by atoms with Crippen molar-refractivity contribution in [2.24, 2.45) is 11.3 Å². The van der Waals surface area contributed by atoms with E-state index in [1.807, 2.05) is 13.8 Å². The van der Waals surface area contributed by atoms with E-state index in [2.05, 4.69) is 5.32 Å². The molecule has 104 valence electrons. The van der Waals surface area contributed by atoms with Crippen LogP contribution >= 0.6 is 0 Å². The van der Waals surface area contributed by atoms with E-state index in [0.717, 1.165) is 12.8 Å². The fourth-order valence-electron chi connectivity index (χ4n) is 2.46. The first-order chi connectivity index (χ1) is 8.44. The minimum atomic E-state index is -0.993. The van der Waals surface area contributed by atoms with E-state index in [-0.39, 0.29) is 24.5 Å². The number of aliphatic carboxylic acids is 1. The van der Waals surface area contributed by atoms with Crippen molar-refractivity contribution in [2.75, 3.05) is 19.8 Å². The molecule has 0 spiro atoms. The Morgan fingerprint density at radius 1 is 1.33 bits per heavy atom. The Labute approximate surface area is 108 Å². The summed E-state index contributed by atoms with van der Waals surface area (Å²) < 4.78 is 4.87. The lowest BCUT2D eigenvalue weighted by molar-refractivity contribution is -0.142. The van der Waals surface area contributed by atoms with Crippen LogP contribution in [0, 0.1) is 11.3 Å². The maximum absolute atomic E-state index is 12.1. The summed E-state index contributed by atoms with van der Waals surface area (Å²) in [5.41, 5.74) is -0.344. The minimum absolute atomic E-state index is 0.0355. The monoisotopic (exact) mass is 257 g/mol. The lowest BCUT2D eigenvalue weighted by Gasteiger charge is -2.30. The first-order valence-electron chi connectivity index (χ1n) is 6.52. The lowest BCUT2D eigenvalue weighted by Crippen LogP contribution is -2.42. The van der Waals surface area contributed by atoms with Crippen LogP contribution in [0.4, 0.5) is 0 Å². The topological polar surface area (TPSA) is 75.6 Å². The second kappa shape index (κ2) is 6.73. The number of nitrogens with one attached hydrogen (secondary N) is 1. The molecular weight excluding hydrogens is 234 g/mol. The largest absolute Gasteiger partial charge is 0.480 e. The molecule has 0 heterocycles. The highest BCUT2D eigenvalue weighted by Crippen LogP contribution is 2.39. The zero-order valence-corrected chi connectivity index (χ0v) is 11.2. The third kappa shape index (κ3) is 4.29. The van der Waals surface area contributed by atoms with Gasteiger partial charge in [-0.1, -0.05) is 26.7 Å². The van der Waals surface area contributed by atoms with Crippen LogP contribution in [-0.2, 0) is 14.3 Å². The normalized spacial score (nSPS) is 16.8. The van der Waals surface area contributed by atoms with Crippen molar-refractivity contribution in [3.05, 3.63) is 0 Å². The zero-order chi connectivity index (χ0) is 13.6. The molecule has 0 aliphatic heterocycles. The number of carboxylic acids is 1. The van der Waals surface area contributed by atoms with Crippen molar-refractivity contribution in [1.29, 1.82) is 0 Å². The third-order valence-corrected chi connectivity index (χ3v) is 3.72. The predicted molar refractivity (Wildman–Crippen MR) is 67.2 cm³/mol. The fraction of sp³-hybridized carbons (Fsp3) is 0.846. The van der Waals surface area contributed by atoms with Gasteiger partial charge in [0.05, 0.1) is 6.61 Å². The molecule has 0 atom stereocenters. The summed E-state index contributed by atoms with van der Waals surface area (Å²) in [6.45, 7) is 4.25. The van der Waals surface area contributed by atoms with Crippen molar-refractivity contribution in [3.63, 3.8) is 0 Å². The predicted octanol–water partition coefficient (Wildman–Crippen LogP) is 1.42. The lowest BCUT2D eigenvalue weighted by atomic mass is 9.77. The van der Waals surface area contributed by atoms with E-state index in [1.165, 1.54) is 12.8 Å². The summed E-state index contributed by atoms with van der Waals surface area (Å²) in [5, 5.41) is 11.2. The summed E-state index contributed by atoms with van der Waals surface area (Å²) in [4.78, 5) is 22.3. The number of rotatable bonds is 7. The van der Waals surface area contributed by atoms with Crippen molar-refractivity contribution < 1.29 is 19.4 Å². The highest BCUT2D eigenvalue weighted by atomic mass is 16.5. The first kappa shape index (κ1) is 15.0. The summed E-state index contributed by atoms with van der Waals surface area (Å²) >= 11 is 0. The molecule has 5 nitrogen and oxygen atoms in total. The SMILES string of the molecule is CC(C)(C(=O)NCCOCC(=O)O)C1CCCC1. The average molecular weight is 257 g/mol. The number of carboxylic acid groups (broad SMARTS) is 1. The average Bonchev–Trinajstić information content (AvgIpc) is 2.81. The zero-order valence-electron chi connectivity index (χ0n) is 11.2. The molecule has 0 aromatic heterocycles. The molecule has 0 aromatic rings. The molecule has 0 unspecified atom stereocenters. The maximum atomic E-state index is 12.1. The van der Waals surface area contributed by atoms with E-state index in [1.54, 1.807) is 0 Å².